The Bertz CT molecular complexity index is 1110. The molecule has 0 aliphatic heterocycles. The maximum atomic E-state index is 12.8. The summed E-state index contributed by atoms with van der Waals surface area (Å²) in [6.07, 6.45) is 1.30. The van der Waals surface area contributed by atoms with Crippen LogP contribution in [0, 0.1) is 6.92 Å². The van der Waals surface area contributed by atoms with E-state index in [0.29, 0.717) is 29.2 Å². The van der Waals surface area contributed by atoms with Crippen molar-refractivity contribution in [1.29, 1.82) is 0 Å². The van der Waals surface area contributed by atoms with Crippen LogP contribution in [0.4, 0.5) is 0 Å². The maximum absolute atomic E-state index is 12.8. The van der Waals surface area contributed by atoms with Crippen LogP contribution < -0.4 is 4.74 Å². The van der Waals surface area contributed by atoms with Crippen LogP contribution in [0.2, 0.25) is 5.02 Å². The highest BCUT2D eigenvalue weighted by molar-refractivity contribution is 7.90. The van der Waals surface area contributed by atoms with Gasteiger partial charge in [-0.3, -0.25) is 0 Å². The van der Waals surface area contributed by atoms with E-state index in [1.165, 1.54) is 7.11 Å². The van der Waals surface area contributed by atoms with Gasteiger partial charge in [0.05, 0.1) is 17.8 Å². The van der Waals surface area contributed by atoms with Crippen molar-refractivity contribution >= 4 is 21.4 Å². The fraction of sp³-hybridized carbons (Fsp3) is 0.217. The molecule has 0 aromatic heterocycles. The van der Waals surface area contributed by atoms with Gasteiger partial charge in [0.1, 0.15) is 0 Å². The van der Waals surface area contributed by atoms with Gasteiger partial charge in [-0.2, -0.15) is 0 Å². The molecule has 0 unspecified atom stereocenters. The first-order valence-corrected chi connectivity index (χ1v) is 11.3. The van der Waals surface area contributed by atoms with E-state index in [-0.39, 0.29) is 16.4 Å². The minimum absolute atomic E-state index is 0.0869. The van der Waals surface area contributed by atoms with Crippen LogP contribution in [-0.2, 0) is 28.4 Å². The summed E-state index contributed by atoms with van der Waals surface area (Å²) >= 11 is 6.10. The van der Waals surface area contributed by atoms with Crippen molar-refractivity contribution in [2.24, 2.45) is 0 Å². The van der Waals surface area contributed by atoms with Crippen LogP contribution in [0.5, 0.6) is 11.5 Å². The first kappa shape index (κ1) is 21.2. The number of aromatic hydroxyl groups is 1. The minimum atomic E-state index is -3.47. The zero-order valence-corrected chi connectivity index (χ0v) is 17.9. The van der Waals surface area contributed by atoms with Crippen LogP contribution in [0.15, 0.2) is 65.6 Å². The third kappa shape index (κ3) is 4.92. The van der Waals surface area contributed by atoms with Crippen molar-refractivity contribution in [1.82, 2.24) is 0 Å². The van der Waals surface area contributed by atoms with Gasteiger partial charge in [0.15, 0.2) is 21.3 Å². The van der Waals surface area contributed by atoms with Gasteiger partial charge in [-0.05, 0) is 66.3 Å². The molecule has 4 nitrogen and oxygen atoms in total. The number of phenols is 1. The number of hydrogen-bond acceptors (Lipinski definition) is 4. The summed E-state index contributed by atoms with van der Waals surface area (Å²) in [6.45, 7) is 1.82. The van der Waals surface area contributed by atoms with Crippen molar-refractivity contribution in [2.45, 2.75) is 30.4 Å². The van der Waals surface area contributed by atoms with E-state index in [1.54, 1.807) is 36.4 Å². The summed E-state index contributed by atoms with van der Waals surface area (Å²) in [5.41, 5.74) is 3.27. The summed E-state index contributed by atoms with van der Waals surface area (Å²) in [5, 5.41) is 10.7. The molecule has 6 heteroatoms. The number of hydrogen-bond donors (Lipinski definition) is 1. The van der Waals surface area contributed by atoms with Crippen LogP contribution in [-0.4, -0.2) is 20.6 Å². The number of para-hydroxylation sites is 1. The molecule has 3 rings (SSSR count). The summed E-state index contributed by atoms with van der Waals surface area (Å²) in [7, 11) is -1.95. The second kappa shape index (κ2) is 8.89. The number of aryl methyl sites for hydroxylation is 2. The zero-order chi connectivity index (χ0) is 21.0. The molecule has 0 aliphatic rings. The molecule has 3 aromatic rings. The monoisotopic (exact) mass is 430 g/mol. The zero-order valence-electron chi connectivity index (χ0n) is 16.4. The van der Waals surface area contributed by atoms with Crippen LogP contribution in [0.3, 0.4) is 0 Å². The lowest BCUT2D eigenvalue weighted by Gasteiger charge is -2.10. The Kier molecular flexibility index (Phi) is 6.50. The summed E-state index contributed by atoms with van der Waals surface area (Å²) in [4.78, 5) is 0.282. The quantitative estimate of drug-likeness (QED) is 0.565. The number of sulfone groups is 1. The standard InChI is InChI=1S/C23H23ClO4S/c1-16-19(6-3-7-21(16)24)15-29(26,27)20-13-10-17(11-14-20)9-12-18-5-4-8-22(28-2)23(18)25/h3-8,10-11,13-14,25H,9,12,15H2,1-2H3. The minimum Gasteiger partial charge on any atom is -0.504 e. The molecule has 0 spiro atoms. The van der Waals surface area contributed by atoms with Crippen molar-refractivity contribution < 1.29 is 18.3 Å². The molecule has 0 radical (unpaired) electrons. The van der Waals surface area contributed by atoms with E-state index in [2.05, 4.69) is 0 Å². The van der Waals surface area contributed by atoms with Crippen molar-refractivity contribution in [3.05, 3.63) is 87.9 Å². The predicted molar refractivity (Wildman–Crippen MR) is 116 cm³/mol. The molecule has 0 saturated carbocycles. The molecule has 0 bridgehead atoms. The van der Waals surface area contributed by atoms with Gasteiger partial charge in [-0.15, -0.1) is 0 Å². The van der Waals surface area contributed by atoms with Gasteiger partial charge in [-0.25, -0.2) is 8.42 Å². The van der Waals surface area contributed by atoms with Crippen molar-refractivity contribution in [3.8, 4) is 11.5 Å². The first-order valence-electron chi connectivity index (χ1n) is 9.22. The second-order valence-electron chi connectivity index (χ2n) is 6.89. The molecular formula is C23H23ClO4S. The Morgan fingerprint density at radius 3 is 2.28 bits per heavy atom. The highest BCUT2D eigenvalue weighted by Gasteiger charge is 2.17. The van der Waals surface area contributed by atoms with Gasteiger partial charge >= 0.3 is 0 Å². The molecule has 0 fully saturated rings. The molecule has 0 aliphatic carbocycles. The Labute approximate surface area is 176 Å². The Morgan fingerprint density at radius 1 is 0.931 bits per heavy atom. The van der Waals surface area contributed by atoms with Crippen LogP contribution >= 0.6 is 11.6 Å². The van der Waals surface area contributed by atoms with E-state index < -0.39 is 9.84 Å². The molecule has 0 saturated heterocycles. The fourth-order valence-corrected chi connectivity index (χ4v) is 4.81. The Hall–Kier alpha value is -2.50. The topological polar surface area (TPSA) is 63.6 Å². The lowest BCUT2D eigenvalue weighted by atomic mass is 10.0. The number of benzene rings is 3. The third-order valence-electron chi connectivity index (χ3n) is 4.99. The molecule has 29 heavy (non-hydrogen) atoms. The lowest BCUT2D eigenvalue weighted by Crippen LogP contribution is -2.06. The van der Waals surface area contributed by atoms with E-state index in [4.69, 9.17) is 16.3 Å². The summed E-state index contributed by atoms with van der Waals surface area (Å²) < 4.78 is 30.7. The normalized spacial score (nSPS) is 11.4. The van der Waals surface area contributed by atoms with Gasteiger partial charge in [0.2, 0.25) is 0 Å². The van der Waals surface area contributed by atoms with Gasteiger partial charge in [-0.1, -0.05) is 48.0 Å². The van der Waals surface area contributed by atoms with Gasteiger partial charge in [0.25, 0.3) is 0 Å². The van der Waals surface area contributed by atoms with Crippen LogP contribution in [0.1, 0.15) is 22.3 Å². The van der Waals surface area contributed by atoms with E-state index in [1.807, 2.05) is 31.2 Å². The second-order valence-corrected chi connectivity index (χ2v) is 9.29. The highest BCUT2D eigenvalue weighted by atomic mass is 35.5. The van der Waals surface area contributed by atoms with Gasteiger partial charge < -0.3 is 9.84 Å². The maximum Gasteiger partial charge on any atom is 0.182 e. The number of halogens is 1. The smallest absolute Gasteiger partial charge is 0.182 e. The average Bonchev–Trinajstić information content (AvgIpc) is 2.71. The molecular weight excluding hydrogens is 408 g/mol. The van der Waals surface area contributed by atoms with Crippen molar-refractivity contribution in [2.75, 3.05) is 7.11 Å². The molecule has 3 aromatic carbocycles. The molecule has 0 amide bonds. The van der Waals surface area contributed by atoms with Gasteiger partial charge in [0, 0.05) is 5.02 Å². The lowest BCUT2D eigenvalue weighted by molar-refractivity contribution is 0.370. The SMILES string of the molecule is COc1cccc(CCc2ccc(S(=O)(=O)Cc3cccc(Cl)c3C)cc2)c1O. The number of rotatable bonds is 7. The van der Waals surface area contributed by atoms with E-state index >= 15 is 0 Å². The molecule has 0 heterocycles. The fourth-order valence-electron chi connectivity index (χ4n) is 3.17. The Morgan fingerprint density at radius 2 is 1.59 bits per heavy atom. The highest BCUT2D eigenvalue weighted by Crippen LogP contribution is 2.30. The van der Waals surface area contributed by atoms with Crippen LogP contribution in [0.25, 0.3) is 0 Å². The third-order valence-corrected chi connectivity index (χ3v) is 7.08. The predicted octanol–water partition coefficient (Wildman–Crippen LogP) is 5.12. The average molecular weight is 431 g/mol. The summed E-state index contributed by atoms with van der Waals surface area (Å²) in [5.74, 6) is 0.502. The summed E-state index contributed by atoms with van der Waals surface area (Å²) in [6, 6.07) is 17.6. The van der Waals surface area contributed by atoms with Crippen molar-refractivity contribution in [3.63, 3.8) is 0 Å². The number of phenolic OH excluding ortho intramolecular Hbond substituents is 1. The Balaban J connectivity index is 1.72. The molecule has 0 atom stereocenters. The molecule has 152 valence electrons. The number of methoxy groups -OCH3 is 1. The van der Waals surface area contributed by atoms with E-state index in [9.17, 15) is 13.5 Å². The molecule has 1 N–H and O–H groups in total. The first-order chi connectivity index (χ1) is 13.8. The number of ether oxygens (including phenoxy) is 1. The largest absolute Gasteiger partial charge is 0.504 e. The van der Waals surface area contributed by atoms with E-state index in [0.717, 1.165) is 16.7 Å².